The number of nitrogens with zero attached hydrogens (tertiary/aromatic N) is 3. The molecule has 1 atom stereocenters. The van der Waals surface area contributed by atoms with Crippen molar-refractivity contribution in [1.29, 1.82) is 0 Å². The van der Waals surface area contributed by atoms with Crippen molar-refractivity contribution in [3.63, 3.8) is 0 Å². The second-order valence-corrected chi connectivity index (χ2v) is 9.83. The second kappa shape index (κ2) is 8.74. The molecule has 0 saturated carbocycles. The fraction of sp³-hybridized carbons (Fsp3) is 0.348. The first-order valence-electron chi connectivity index (χ1n) is 10.5. The summed E-state index contributed by atoms with van der Waals surface area (Å²) >= 11 is 0. The van der Waals surface area contributed by atoms with Gasteiger partial charge in [0.15, 0.2) is 5.82 Å². The van der Waals surface area contributed by atoms with Crippen molar-refractivity contribution < 1.29 is 17.7 Å². The Bertz CT molecular complexity index is 1240. The number of aromatic nitrogens is 2. The molecule has 1 N–H and O–H groups in total. The summed E-state index contributed by atoms with van der Waals surface area (Å²) in [6.07, 6.45) is 1.72. The lowest BCUT2D eigenvalue weighted by Gasteiger charge is -2.31. The Morgan fingerprint density at radius 3 is 2.56 bits per heavy atom. The average Bonchev–Trinajstić information content (AvgIpc) is 3.23. The zero-order valence-electron chi connectivity index (χ0n) is 18.3. The molecule has 0 aliphatic carbocycles. The number of likely N-dealkylation sites (tertiary alicyclic amines) is 1. The molecule has 1 unspecified atom stereocenters. The van der Waals surface area contributed by atoms with Crippen LogP contribution in [-0.2, 0) is 10.0 Å². The maximum atomic E-state index is 13.0. The maximum absolute atomic E-state index is 13.0. The summed E-state index contributed by atoms with van der Waals surface area (Å²) in [4.78, 5) is 19.2. The molecule has 1 saturated heterocycles. The third kappa shape index (κ3) is 4.52. The highest BCUT2D eigenvalue weighted by Gasteiger charge is 2.29. The summed E-state index contributed by atoms with van der Waals surface area (Å²) in [5, 5.41) is 3.84. The smallest absolute Gasteiger partial charge is 0.261 e. The highest BCUT2D eigenvalue weighted by Crippen LogP contribution is 2.27. The van der Waals surface area contributed by atoms with Crippen LogP contribution in [0.3, 0.4) is 0 Å². The quantitative estimate of drug-likeness (QED) is 0.628. The van der Waals surface area contributed by atoms with Gasteiger partial charge in [0.2, 0.25) is 5.89 Å². The van der Waals surface area contributed by atoms with Gasteiger partial charge in [-0.2, -0.15) is 4.98 Å². The van der Waals surface area contributed by atoms with Crippen molar-refractivity contribution in [1.82, 2.24) is 15.0 Å². The van der Waals surface area contributed by atoms with Crippen molar-refractivity contribution in [2.24, 2.45) is 0 Å². The van der Waals surface area contributed by atoms with E-state index in [0.29, 0.717) is 36.1 Å². The predicted molar refractivity (Wildman–Crippen MR) is 120 cm³/mol. The molecule has 1 aliphatic rings. The summed E-state index contributed by atoms with van der Waals surface area (Å²) in [7, 11) is -3.76. The Hall–Kier alpha value is -3.20. The zero-order chi connectivity index (χ0) is 22.9. The Morgan fingerprint density at radius 1 is 1.12 bits per heavy atom. The first-order valence-corrected chi connectivity index (χ1v) is 12.0. The first-order chi connectivity index (χ1) is 15.2. The number of nitrogens with one attached hydrogen (secondary N) is 1. The predicted octanol–water partition coefficient (Wildman–Crippen LogP) is 3.82. The van der Waals surface area contributed by atoms with Gasteiger partial charge in [0.25, 0.3) is 15.9 Å². The summed E-state index contributed by atoms with van der Waals surface area (Å²) < 4.78 is 33.6. The number of anilines is 1. The molecule has 168 valence electrons. The first kappa shape index (κ1) is 22.0. The third-order valence-electron chi connectivity index (χ3n) is 5.86. The monoisotopic (exact) mass is 454 g/mol. The van der Waals surface area contributed by atoms with E-state index in [4.69, 9.17) is 4.52 Å². The van der Waals surface area contributed by atoms with Gasteiger partial charge in [-0.15, -0.1) is 0 Å². The highest BCUT2D eigenvalue weighted by atomic mass is 32.2. The summed E-state index contributed by atoms with van der Waals surface area (Å²) in [5.41, 5.74) is 2.86. The lowest BCUT2D eigenvalue weighted by atomic mass is 9.97. The van der Waals surface area contributed by atoms with Crippen LogP contribution in [-0.4, -0.2) is 42.5 Å². The van der Waals surface area contributed by atoms with E-state index in [1.165, 1.54) is 12.1 Å². The molecule has 1 aromatic heterocycles. The topological polar surface area (TPSA) is 105 Å². The van der Waals surface area contributed by atoms with Crippen molar-refractivity contribution in [2.45, 2.75) is 44.4 Å². The molecule has 2 heterocycles. The molecule has 0 radical (unpaired) electrons. The fourth-order valence-electron chi connectivity index (χ4n) is 3.87. The van der Waals surface area contributed by atoms with E-state index >= 15 is 0 Å². The number of carbonyl (C=O) groups excluding carboxylic acids is 1. The zero-order valence-corrected chi connectivity index (χ0v) is 19.1. The van der Waals surface area contributed by atoms with E-state index in [2.05, 4.69) is 14.9 Å². The van der Waals surface area contributed by atoms with E-state index in [9.17, 15) is 13.2 Å². The van der Waals surface area contributed by atoms with Crippen LogP contribution in [0.4, 0.5) is 5.69 Å². The van der Waals surface area contributed by atoms with Crippen molar-refractivity contribution in [3.8, 4) is 0 Å². The Labute approximate surface area is 187 Å². The minimum atomic E-state index is -3.76. The Morgan fingerprint density at radius 2 is 1.88 bits per heavy atom. The number of hydrogen-bond acceptors (Lipinski definition) is 6. The van der Waals surface area contributed by atoms with Gasteiger partial charge in [-0.3, -0.25) is 9.52 Å². The van der Waals surface area contributed by atoms with Gasteiger partial charge in [-0.1, -0.05) is 17.3 Å². The fourth-order valence-corrected chi connectivity index (χ4v) is 4.99. The largest absolute Gasteiger partial charge is 0.339 e. The molecule has 1 fully saturated rings. The van der Waals surface area contributed by atoms with Gasteiger partial charge < -0.3 is 9.42 Å². The van der Waals surface area contributed by atoms with E-state index in [1.807, 2.05) is 26.0 Å². The molecule has 9 heteroatoms. The number of carbonyl (C=O) groups is 1. The highest BCUT2D eigenvalue weighted by molar-refractivity contribution is 7.92. The number of hydrogen-bond donors (Lipinski definition) is 1. The van der Waals surface area contributed by atoms with Gasteiger partial charge >= 0.3 is 0 Å². The number of amides is 1. The Kier molecular flexibility index (Phi) is 6.01. The third-order valence-corrected chi connectivity index (χ3v) is 7.24. The normalized spacial score (nSPS) is 16.7. The molecule has 1 aliphatic heterocycles. The standard InChI is InChI=1S/C23H26N4O4S/c1-15-6-4-8-21(16(15)2)26-32(29,30)20-11-9-18(10-12-20)23(28)27-13-5-7-19(14-27)22-24-17(3)25-31-22/h4,6,8-12,19,26H,5,7,13-14H2,1-3H3. The second-order valence-electron chi connectivity index (χ2n) is 8.15. The van der Waals surface area contributed by atoms with Crippen LogP contribution in [0, 0.1) is 20.8 Å². The van der Waals surface area contributed by atoms with Gasteiger partial charge in [0.05, 0.1) is 16.5 Å². The molecule has 0 bridgehead atoms. The lowest BCUT2D eigenvalue weighted by Crippen LogP contribution is -2.39. The van der Waals surface area contributed by atoms with Crippen LogP contribution < -0.4 is 4.72 Å². The molecule has 4 rings (SSSR count). The maximum Gasteiger partial charge on any atom is 0.261 e. The number of rotatable bonds is 5. The molecular weight excluding hydrogens is 428 g/mol. The minimum absolute atomic E-state index is 0.00956. The average molecular weight is 455 g/mol. The van der Waals surface area contributed by atoms with Gasteiger partial charge in [-0.25, -0.2) is 8.42 Å². The molecule has 3 aromatic rings. The molecular formula is C23H26N4O4S. The van der Waals surface area contributed by atoms with Crippen LogP contribution in [0.1, 0.15) is 52.0 Å². The van der Waals surface area contributed by atoms with Crippen molar-refractivity contribution >= 4 is 21.6 Å². The van der Waals surface area contributed by atoms with E-state index < -0.39 is 10.0 Å². The summed E-state index contributed by atoms with van der Waals surface area (Å²) in [6.45, 7) is 6.70. The Balaban J connectivity index is 1.48. The number of sulfonamides is 1. The number of piperidine rings is 1. The molecule has 8 nitrogen and oxygen atoms in total. The van der Waals surface area contributed by atoms with Crippen LogP contribution in [0.2, 0.25) is 0 Å². The summed E-state index contributed by atoms with van der Waals surface area (Å²) in [5.74, 6) is 1.00. The number of aryl methyl sites for hydroxylation is 2. The van der Waals surface area contributed by atoms with Gasteiger partial charge in [-0.05, 0) is 75.1 Å². The number of benzene rings is 2. The minimum Gasteiger partial charge on any atom is -0.339 e. The van der Waals surface area contributed by atoms with Crippen LogP contribution in [0.25, 0.3) is 0 Å². The molecule has 1 amide bonds. The van der Waals surface area contributed by atoms with E-state index in [-0.39, 0.29) is 16.7 Å². The lowest BCUT2D eigenvalue weighted by molar-refractivity contribution is 0.0695. The SMILES string of the molecule is Cc1noc(C2CCCN(C(=O)c3ccc(S(=O)(=O)Nc4cccc(C)c4C)cc3)C2)n1. The molecule has 2 aromatic carbocycles. The molecule has 32 heavy (non-hydrogen) atoms. The summed E-state index contributed by atoms with van der Waals surface area (Å²) in [6, 6.07) is 11.5. The van der Waals surface area contributed by atoms with Gasteiger partial charge in [0.1, 0.15) is 0 Å². The van der Waals surface area contributed by atoms with Crippen molar-refractivity contribution in [3.05, 3.63) is 70.9 Å². The van der Waals surface area contributed by atoms with Crippen molar-refractivity contribution in [2.75, 3.05) is 17.8 Å². The van der Waals surface area contributed by atoms with E-state index in [0.717, 1.165) is 24.0 Å². The molecule has 0 spiro atoms. The van der Waals surface area contributed by atoms with Gasteiger partial charge in [0, 0.05) is 18.7 Å². The van der Waals surface area contributed by atoms with Crippen LogP contribution in [0.15, 0.2) is 51.9 Å². The van der Waals surface area contributed by atoms with Crippen LogP contribution >= 0.6 is 0 Å². The van der Waals surface area contributed by atoms with E-state index in [1.54, 1.807) is 30.0 Å². The van der Waals surface area contributed by atoms with Crippen LogP contribution in [0.5, 0.6) is 0 Å².